The maximum Gasteiger partial charge on any atom is 0.339 e. The molecule has 146 valence electrons. The number of hydrazine groups is 1. The number of carbonyl (C=O) groups is 2. The van der Waals surface area contributed by atoms with Gasteiger partial charge in [-0.1, -0.05) is 23.5 Å². The molecule has 1 heterocycles. The molecule has 3 rings (SSSR count). The van der Waals surface area contributed by atoms with Crippen LogP contribution < -0.4 is 30.4 Å². The number of thiazole rings is 1. The third-order valence-electron chi connectivity index (χ3n) is 3.73. The van der Waals surface area contributed by atoms with Crippen molar-refractivity contribution in [1.29, 1.82) is 0 Å². The molecule has 3 N–H and O–H groups in total. The maximum atomic E-state index is 12.4. The topological polar surface area (TPSA) is 111 Å². The summed E-state index contributed by atoms with van der Waals surface area (Å²) in [4.78, 5) is 28.7. The molecule has 2 aromatic carbocycles. The number of methoxy groups -OCH3 is 3. The van der Waals surface area contributed by atoms with Gasteiger partial charge in [-0.25, -0.2) is 15.2 Å². The van der Waals surface area contributed by atoms with Crippen LogP contribution in [0.4, 0.5) is 9.93 Å². The molecular formula is C18H18N4O5S. The van der Waals surface area contributed by atoms with Crippen LogP contribution in [0.15, 0.2) is 36.4 Å². The number of aromatic nitrogens is 1. The van der Waals surface area contributed by atoms with E-state index in [0.717, 1.165) is 10.2 Å². The number of amides is 3. The van der Waals surface area contributed by atoms with E-state index in [1.165, 1.54) is 44.8 Å². The average Bonchev–Trinajstić information content (AvgIpc) is 3.12. The predicted octanol–water partition coefficient (Wildman–Crippen LogP) is 2.79. The highest BCUT2D eigenvalue weighted by Crippen LogP contribution is 2.38. The van der Waals surface area contributed by atoms with Crippen LogP contribution >= 0.6 is 11.3 Å². The first kappa shape index (κ1) is 19.2. The molecule has 0 unspecified atom stereocenters. The first-order valence-electron chi connectivity index (χ1n) is 8.08. The Labute approximate surface area is 164 Å². The number of hydrogen-bond donors (Lipinski definition) is 3. The van der Waals surface area contributed by atoms with Crippen molar-refractivity contribution in [2.24, 2.45) is 0 Å². The molecule has 0 aliphatic heterocycles. The Hall–Kier alpha value is -3.53. The van der Waals surface area contributed by atoms with Crippen molar-refractivity contribution >= 4 is 38.6 Å². The molecule has 10 heteroatoms. The van der Waals surface area contributed by atoms with Crippen LogP contribution in [0.1, 0.15) is 10.4 Å². The van der Waals surface area contributed by atoms with E-state index in [0.29, 0.717) is 22.4 Å². The van der Waals surface area contributed by atoms with Crippen LogP contribution in [-0.4, -0.2) is 38.3 Å². The van der Waals surface area contributed by atoms with Crippen molar-refractivity contribution in [3.8, 4) is 17.2 Å². The zero-order chi connectivity index (χ0) is 20.1. The summed E-state index contributed by atoms with van der Waals surface area (Å²) in [5.41, 5.74) is 5.60. The molecule has 0 atom stereocenters. The van der Waals surface area contributed by atoms with Gasteiger partial charge in [-0.05, 0) is 24.3 Å². The summed E-state index contributed by atoms with van der Waals surface area (Å²) in [5, 5.41) is 2.99. The number of hydrogen-bond acceptors (Lipinski definition) is 7. The molecule has 9 nitrogen and oxygen atoms in total. The Morgan fingerprint density at radius 3 is 2.25 bits per heavy atom. The molecule has 0 aliphatic rings. The molecule has 28 heavy (non-hydrogen) atoms. The van der Waals surface area contributed by atoms with Crippen LogP contribution in [0, 0.1) is 0 Å². The number of rotatable bonds is 5. The van der Waals surface area contributed by atoms with Gasteiger partial charge >= 0.3 is 6.03 Å². The molecule has 0 saturated carbocycles. The molecule has 0 radical (unpaired) electrons. The highest BCUT2D eigenvalue weighted by Gasteiger charge is 2.17. The Morgan fingerprint density at radius 1 is 0.964 bits per heavy atom. The van der Waals surface area contributed by atoms with Crippen LogP contribution in [0.5, 0.6) is 17.2 Å². The minimum absolute atomic E-state index is 0.217. The zero-order valence-corrected chi connectivity index (χ0v) is 16.2. The lowest BCUT2D eigenvalue weighted by Gasteiger charge is -2.14. The van der Waals surface area contributed by atoms with Gasteiger partial charge in [-0.2, -0.15) is 0 Å². The standard InChI is InChI=1S/C18H18N4O5S/c1-25-12-8-10(9-13(26-2)15(12)27-3)16(23)21-22-17(24)20-18-19-11-6-4-5-7-14(11)28-18/h4-9H,1-3H3,(H,21,23)(H2,19,20,22,24). The van der Waals surface area contributed by atoms with Crippen molar-refractivity contribution < 1.29 is 23.8 Å². The van der Waals surface area contributed by atoms with Gasteiger partial charge < -0.3 is 14.2 Å². The van der Waals surface area contributed by atoms with E-state index >= 15 is 0 Å². The summed E-state index contributed by atoms with van der Waals surface area (Å²) in [5.74, 6) is 0.457. The van der Waals surface area contributed by atoms with Crippen molar-refractivity contribution in [2.75, 3.05) is 26.6 Å². The lowest BCUT2D eigenvalue weighted by atomic mass is 10.1. The number of nitrogens with zero attached hydrogens (tertiary/aromatic N) is 1. The predicted molar refractivity (Wildman–Crippen MR) is 105 cm³/mol. The van der Waals surface area contributed by atoms with E-state index in [-0.39, 0.29) is 5.56 Å². The molecular weight excluding hydrogens is 384 g/mol. The Bertz CT molecular complexity index is 962. The molecule has 0 spiro atoms. The van der Waals surface area contributed by atoms with E-state index in [9.17, 15) is 9.59 Å². The molecule has 0 aliphatic carbocycles. The number of benzene rings is 2. The average molecular weight is 402 g/mol. The van der Waals surface area contributed by atoms with Gasteiger partial charge in [-0.15, -0.1) is 0 Å². The second-order valence-electron chi connectivity index (χ2n) is 5.43. The van der Waals surface area contributed by atoms with E-state index in [1.807, 2.05) is 24.3 Å². The number of ether oxygens (including phenoxy) is 3. The summed E-state index contributed by atoms with van der Waals surface area (Å²) in [6.07, 6.45) is 0. The number of anilines is 1. The lowest BCUT2D eigenvalue weighted by molar-refractivity contribution is 0.0937. The van der Waals surface area contributed by atoms with Crippen LogP contribution in [0.3, 0.4) is 0 Å². The maximum absolute atomic E-state index is 12.4. The fraction of sp³-hybridized carbons (Fsp3) is 0.167. The largest absolute Gasteiger partial charge is 0.493 e. The Balaban J connectivity index is 1.65. The smallest absolute Gasteiger partial charge is 0.339 e. The zero-order valence-electron chi connectivity index (χ0n) is 15.4. The van der Waals surface area contributed by atoms with Crippen molar-refractivity contribution in [2.45, 2.75) is 0 Å². The summed E-state index contributed by atoms with van der Waals surface area (Å²) in [6.45, 7) is 0. The fourth-order valence-electron chi connectivity index (χ4n) is 2.45. The van der Waals surface area contributed by atoms with Gasteiger partial charge in [0.2, 0.25) is 5.75 Å². The first-order valence-corrected chi connectivity index (χ1v) is 8.90. The van der Waals surface area contributed by atoms with E-state index < -0.39 is 11.9 Å². The molecule has 1 aromatic heterocycles. The quantitative estimate of drug-likeness (QED) is 0.566. The summed E-state index contributed by atoms with van der Waals surface area (Å²) >= 11 is 1.33. The third-order valence-corrected chi connectivity index (χ3v) is 4.68. The van der Waals surface area contributed by atoms with Gasteiger partial charge in [0, 0.05) is 5.56 Å². The van der Waals surface area contributed by atoms with Gasteiger partial charge in [0.1, 0.15) is 0 Å². The number of carbonyl (C=O) groups excluding carboxylic acids is 2. The van der Waals surface area contributed by atoms with Crippen molar-refractivity contribution in [3.63, 3.8) is 0 Å². The SMILES string of the molecule is COc1cc(C(=O)NNC(=O)Nc2nc3ccccc3s2)cc(OC)c1OC. The van der Waals surface area contributed by atoms with Crippen LogP contribution in [0.2, 0.25) is 0 Å². The Morgan fingerprint density at radius 2 is 1.64 bits per heavy atom. The molecule has 0 bridgehead atoms. The van der Waals surface area contributed by atoms with Crippen molar-refractivity contribution in [1.82, 2.24) is 15.8 Å². The second-order valence-corrected chi connectivity index (χ2v) is 6.46. The lowest BCUT2D eigenvalue weighted by Crippen LogP contribution is -2.43. The second kappa shape index (κ2) is 8.44. The summed E-state index contributed by atoms with van der Waals surface area (Å²) in [7, 11) is 4.36. The monoisotopic (exact) mass is 402 g/mol. The highest BCUT2D eigenvalue weighted by atomic mass is 32.1. The molecule has 3 aromatic rings. The molecule has 3 amide bonds. The normalized spacial score (nSPS) is 10.2. The van der Waals surface area contributed by atoms with E-state index in [1.54, 1.807) is 0 Å². The number of fused-ring (bicyclic) bond motifs is 1. The van der Waals surface area contributed by atoms with Crippen LogP contribution in [-0.2, 0) is 0 Å². The van der Waals surface area contributed by atoms with Gasteiger partial charge in [0.15, 0.2) is 16.6 Å². The van der Waals surface area contributed by atoms with E-state index in [2.05, 4.69) is 21.2 Å². The number of nitrogens with one attached hydrogen (secondary N) is 3. The highest BCUT2D eigenvalue weighted by molar-refractivity contribution is 7.22. The fourth-order valence-corrected chi connectivity index (χ4v) is 3.31. The third kappa shape index (κ3) is 4.07. The minimum atomic E-state index is -0.625. The molecule has 0 fully saturated rings. The first-order chi connectivity index (χ1) is 13.5. The van der Waals surface area contributed by atoms with Gasteiger partial charge in [0.05, 0.1) is 31.5 Å². The Kier molecular flexibility index (Phi) is 5.80. The number of para-hydroxylation sites is 1. The van der Waals surface area contributed by atoms with E-state index in [4.69, 9.17) is 14.2 Å². The minimum Gasteiger partial charge on any atom is -0.493 e. The summed E-state index contributed by atoms with van der Waals surface area (Å²) in [6, 6.07) is 9.84. The van der Waals surface area contributed by atoms with Crippen LogP contribution in [0.25, 0.3) is 10.2 Å². The summed E-state index contributed by atoms with van der Waals surface area (Å²) < 4.78 is 16.6. The van der Waals surface area contributed by atoms with Crippen molar-refractivity contribution in [3.05, 3.63) is 42.0 Å². The van der Waals surface area contributed by atoms with Gasteiger partial charge in [0.25, 0.3) is 5.91 Å². The molecule has 0 saturated heterocycles. The number of urea groups is 1. The van der Waals surface area contributed by atoms with Gasteiger partial charge in [-0.3, -0.25) is 15.5 Å².